The van der Waals surface area contributed by atoms with Crippen molar-refractivity contribution in [3.63, 3.8) is 0 Å². The molecule has 0 aliphatic carbocycles. The van der Waals surface area contributed by atoms with Crippen molar-refractivity contribution >= 4 is 34.3 Å². The molecule has 1 amide bonds. The molecule has 2 heterocycles. The summed E-state index contributed by atoms with van der Waals surface area (Å²) in [5.41, 5.74) is 2.64. The average molecular weight is 437 g/mol. The lowest BCUT2D eigenvalue weighted by molar-refractivity contribution is -0.113. The van der Waals surface area contributed by atoms with E-state index in [0.717, 1.165) is 23.1 Å². The van der Waals surface area contributed by atoms with Crippen molar-refractivity contribution in [1.82, 2.24) is 14.8 Å². The van der Waals surface area contributed by atoms with E-state index in [9.17, 15) is 4.79 Å². The van der Waals surface area contributed by atoms with Crippen LogP contribution >= 0.6 is 11.8 Å². The molecule has 0 bridgehead atoms. The lowest BCUT2D eigenvalue weighted by atomic mass is 10.1. The number of benzene rings is 2. The summed E-state index contributed by atoms with van der Waals surface area (Å²) in [6.07, 6.45) is 0.861. The Morgan fingerprint density at radius 1 is 1.16 bits per heavy atom. The number of hydrogen-bond acceptors (Lipinski definition) is 6. The Bertz CT molecular complexity index is 1210. The molecule has 0 atom stereocenters. The Hall–Kier alpha value is -3.26. The lowest BCUT2D eigenvalue weighted by Gasteiger charge is -2.09. The first-order chi connectivity index (χ1) is 15.1. The van der Waals surface area contributed by atoms with Crippen molar-refractivity contribution in [2.45, 2.75) is 32.0 Å². The number of anilines is 1. The van der Waals surface area contributed by atoms with Gasteiger partial charge in [-0.1, -0.05) is 49.0 Å². The van der Waals surface area contributed by atoms with Crippen molar-refractivity contribution in [1.29, 1.82) is 0 Å². The molecule has 0 aliphatic heterocycles. The average Bonchev–Trinajstić information content (AvgIpc) is 3.41. The molecule has 7 nitrogen and oxygen atoms in total. The summed E-state index contributed by atoms with van der Waals surface area (Å²) in [6.45, 7) is 4.73. The van der Waals surface area contributed by atoms with E-state index in [1.165, 1.54) is 11.8 Å². The molecule has 0 aliphatic rings. The number of ether oxygens (including phenoxy) is 1. The van der Waals surface area contributed by atoms with E-state index in [2.05, 4.69) is 22.4 Å². The summed E-state index contributed by atoms with van der Waals surface area (Å²) in [5.74, 6) is 2.07. The zero-order valence-corrected chi connectivity index (χ0v) is 18.5. The predicted octanol–water partition coefficient (Wildman–Crippen LogP) is 5.01. The highest BCUT2D eigenvalue weighted by molar-refractivity contribution is 7.99. The molecule has 8 heteroatoms. The van der Waals surface area contributed by atoms with Crippen molar-refractivity contribution in [3.8, 4) is 17.3 Å². The number of aryl methyl sites for hydroxylation is 1. The summed E-state index contributed by atoms with van der Waals surface area (Å²) in [4.78, 5) is 12.5. The van der Waals surface area contributed by atoms with Gasteiger partial charge in [0.15, 0.2) is 22.2 Å². The summed E-state index contributed by atoms with van der Waals surface area (Å²) in [5, 5.41) is 13.2. The van der Waals surface area contributed by atoms with Crippen LogP contribution in [0.15, 0.2) is 58.1 Å². The third-order valence-corrected chi connectivity index (χ3v) is 5.95. The summed E-state index contributed by atoms with van der Waals surface area (Å²) in [7, 11) is 1.62. The number of fused-ring (bicyclic) bond motifs is 1. The van der Waals surface area contributed by atoms with Crippen LogP contribution in [0.25, 0.3) is 22.6 Å². The fraction of sp³-hybridized carbons (Fsp3) is 0.261. The highest BCUT2D eigenvalue weighted by Crippen LogP contribution is 2.33. The number of rotatable bonds is 8. The van der Waals surface area contributed by atoms with Crippen LogP contribution in [0.3, 0.4) is 0 Å². The smallest absolute Gasteiger partial charge is 0.234 e. The van der Waals surface area contributed by atoms with Gasteiger partial charge in [0.05, 0.1) is 12.9 Å². The largest absolute Gasteiger partial charge is 0.493 e. The first-order valence-electron chi connectivity index (χ1n) is 10.1. The van der Waals surface area contributed by atoms with Crippen molar-refractivity contribution in [2.24, 2.45) is 0 Å². The van der Waals surface area contributed by atoms with E-state index in [-0.39, 0.29) is 11.7 Å². The molecule has 160 valence electrons. The van der Waals surface area contributed by atoms with Gasteiger partial charge < -0.3 is 14.5 Å². The van der Waals surface area contributed by atoms with Gasteiger partial charge in [-0.25, -0.2) is 0 Å². The maximum absolute atomic E-state index is 12.5. The molecule has 2 aromatic heterocycles. The number of thioether (sulfide) groups is 1. The van der Waals surface area contributed by atoms with E-state index in [1.807, 2.05) is 60.0 Å². The quantitative estimate of drug-likeness (QED) is 0.391. The lowest BCUT2D eigenvalue weighted by Crippen LogP contribution is -2.15. The number of hydrogen-bond donors (Lipinski definition) is 1. The fourth-order valence-electron chi connectivity index (χ4n) is 3.44. The van der Waals surface area contributed by atoms with Crippen LogP contribution < -0.4 is 10.1 Å². The van der Waals surface area contributed by atoms with E-state index < -0.39 is 0 Å². The molecule has 0 unspecified atom stereocenters. The molecule has 0 saturated heterocycles. The molecular weight excluding hydrogens is 412 g/mol. The second-order valence-corrected chi connectivity index (χ2v) is 7.83. The Morgan fingerprint density at radius 2 is 2.00 bits per heavy atom. The Kier molecular flexibility index (Phi) is 6.27. The van der Waals surface area contributed by atoms with Gasteiger partial charge in [0.1, 0.15) is 0 Å². The Labute approximate surface area is 184 Å². The van der Waals surface area contributed by atoms with Gasteiger partial charge in [0.2, 0.25) is 11.7 Å². The number of carbonyl (C=O) groups is 1. The molecule has 0 radical (unpaired) electrons. The molecule has 0 fully saturated rings. The van der Waals surface area contributed by atoms with E-state index in [4.69, 9.17) is 9.15 Å². The standard InChI is InChI=1S/C23H24N4O3S/c1-4-15-9-6-7-11-17(15)24-20(28)14-31-23-26-25-22(27(23)5-2)19-13-16-10-8-12-18(29-3)21(16)30-19/h6-13H,4-5,14H2,1-3H3,(H,24,28). The van der Waals surface area contributed by atoms with Crippen LogP contribution in [0.2, 0.25) is 0 Å². The van der Waals surface area contributed by atoms with E-state index in [1.54, 1.807) is 7.11 Å². The van der Waals surface area contributed by atoms with Crippen LogP contribution in [-0.2, 0) is 17.8 Å². The molecule has 4 rings (SSSR count). The van der Waals surface area contributed by atoms with Gasteiger partial charge in [-0.2, -0.15) is 0 Å². The second-order valence-electron chi connectivity index (χ2n) is 6.89. The maximum atomic E-state index is 12.5. The zero-order chi connectivity index (χ0) is 21.8. The van der Waals surface area contributed by atoms with Gasteiger partial charge in [-0.3, -0.25) is 9.36 Å². The van der Waals surface area contributed by atoms with Crippen LogP contribution in [0.5, 0.6) is 5.75 Å². The number of methoxy groups -OCH3 is 1. The van der Waals surface area contributed by atoms with Gasteiger partial charge >= 0.3 is 0 Å². The number of aromatic nitrogens is 3. The minimum absolute atomic E-state index is 0.0772. The Balaban J connectivity index is 1.52. The molecular formula is C23H24N4O3S. The van der Waals surface area contributed by atoms with Crippen LogP contribution in [0, 0.1) is 0 Å². The SMILES string of the molecule is CCc1ccccc1NC(=O)CSc1nnc(-c2cc3cccc(OC)c3o2)n1CC. The summed E-state index contributed by atoms with van der Waals surface area (Å²) >= 11 is 1.35. The molecule has 0 saturated carbocycles. The number of amides is 1. The van der Waals surface area contributed by atoms with E-state index >= 15 is 0 Å². The fourth-order valence-corrected chi connectivity index (χ4v) is 4.24. The first kappa shape index (κ1) is 21.0. The van der Waals surface area contributed by atoms with E-state index in [0.29, 0.717) is 34.6 Å². The number of carbonyl (C=O) groups excluding carboxylic acids is 1. The molecule has 0 spiro atoms. The van der Waals surface area contributed by atoms with Gasteiger partial charge in [-0.05, 0) is 37.1 Å². The predicted molar refractivity (Wildman–Crippen MR) is 123 cm³/mol. The van der Waals surface area contributed by atoms with Crippen molar-refractivity contribution in [3.05, 3.63) is 54.1 Å². The minimum Gasteiger partial charge on any atom is -0.493 e. The third-order valence-electron chi connectivity index (χ3n) is 4.99. The maximum Gasteiger partial charge on any atom is 0.234 e. The monoisotopic (exact) mass is 436 g/mol. The van der Waals surface area contributed by atoms with Gasteiger partial charge in [-0.15, -0.1) is 10.2 Å². The van der Waals surface area contributed by atoms with Crippen LogP contribution in [-0.4, -0.2) is 33.5 Å². The summed E-state index contributed by atoms with van der Waals surface area (Å²) < 4.78 is 13.4. The third kappa shape index (κ3) is 4.29. The molecule has 4 aromatic rings. The van der Waals surface area contributed by atoms with Gasteiger partial charge in [0, 0.05) is 17.6 Å². The molecule has 2 aromatic carbocycles. The first-order valence-corrected chi connectivity index (χ1v) is 11.1. The van der Waals surface area contributed by atoms with Crippen LogP contribution in [0.4, 0.5) is 5.69 Å². The van der Waals surface area contributed by atoms with Crippen molar-refractivity contribution < 1.29 is 13.9 Å². The molecule has 31 heavy (non-hydrogen) atoms. The number of nitrogens with zero attached hydrogens (tertiary/aromatic N) is 3. The second kappa shape index (κ2) is 9.26. The summed E-state index contributed by atoms with van der Waals surface area (Å²) in [6, 6.07) is 15.5. The highest BCUT2D eigenvalue weighted by Gasteiger charge is 2.19. The van der Waals surface area contributed by atoms with Gasteiger partial charge in [0.25, 0.3) is 0 Å². The molecule has 1 N–H and O–H groups in total. The number of nitrogens with one attached hydrogen (secondary N) is 1. The normalized spacial score (nSPS) is 11.1. The number of para-hydroxylation sites is 2. The Morgan fingerprint density at radius 3 is 2.77 bits per heavy atom. The number of furan rings is 1. The topological polar surface area (TPSA) is 82.2 Å². The van der Waals surface area contributed by atoms with Crippen LogP contribution in [0.1, 0.15) is 19.4 Å². The minimum atomic E-state index is -0.0772. The van der Waals surface area contributed by atoms with Crippen molar-refractivity contribution in [2.75, 3.05) is 18.2 Å². The zero-order valence-electron chi connectivity index (χ0n) is 17.7. The highest BCUT2D eigenvalue weighted by atomic mass is 32.2.